The summed E-state index contributed by atoms with van der Waals surface area (Å²) >= 11 is 0. The molecular weight excluding hydrogens is 463 g/mol. The summed E-state index contributed by atoms with van der Waals surface area (Å²) in [6.07, 6.45) is 1.22. The van der Waals surface area contributed by atoms with Gasteiger partial charge in [-0.1, -0.05) is 0 Å². The van der Waals surface area contributed by atoms with Crippen LogP contribution in [0.5, 0.6) is 5.75 Å². The molecule has 2 unspecified atom stereocenters. The van der Waals surface area contributed by atoms with E-state index in [9.17, 15) is 18.0 Å². The van der Waals surface area contributed by atoms with Crippen molar-refractivity contribution >= 4 is 17.2 Å². The van der Waals surface area contributed by atoms with Crippen molar-refractivity contribution in [2.24, 2.45) is 5.92 Å². The second-order valence-electron chi connectivity index (χ2n) is 9.45. The number of piperidine rings is 1. The quantitative estimate of drug-likeness (QED) is 0.571. The second kappa shape index (κ2) is 8.49. The highest BCUT2D eigenvalue weighted by Crippen LogP contribution is 2.38. The molecule has 3 aliphatic rings. The third-order valence-electron chi connectivity index (χ3n) is 6.63. The highest BCUT2D eigenvalue weighted by molar-refractivity contribution is 5.93. The number of aromatic nitrogens is 3. The predicted octanol–water partition coefficient (Wildman–Crippen LogP) is 3.66. The number of halogens is 3. The van der Waals surface area contributed by atoms with Crippen molar-refractivity contribution in [3.8, 4) is 16.9 Å². The van der Waals surface area contributed by atoms with Gasteiger partial charge in [-0.15, -0.1) is 0 Å². The summed E-state index contributed by atoms with van der Waals surface area (Å²) in [5.41, 5.74) is 0.497. The van der Waals surface area contributed by atoms with Crippen LogP contribution in [0.4, 0.5) is 19.0 Å². The first-order valence-corrected chi connectivity index (χ1v) is 11.7. The van der Waals surface area contributed by atoms with Crippen molar-refractivity contribution in [2.45, 2.75) is 50.0 Å². The number of carbonyl (C=O) groups excluding carboxylic acids is 1. The number of fused-ring (bicyclic) bond motifs is 3. The number of anilines is 1. The number of hydrogen-bond acceptors (Lipinski definition) is 6. The molecule has 2 aliphatic heterocycles. The lowest BCUT2D eigenvalue weighted by Gasteiger charge is -2.40. The van der Waals surface area contributed by atoms with Gasteiger partial charge in [-0.2, -0.15) is 18.3 Å². The smallest absolute Gasteiger partial charge is 0.433 e. The zero-order chi connectivity index (χ0) is 24.2. The fourth-order valence-electron chi connectivity index (χ4n) is 4.78. The molecule has 3 fully saturated rings. The number of pyridine rings is 2. The first kappa shape index (κ1) is 22.3. The molecule has 1 amide bonds. The van der Waals surface area contributed by atoms with Gasteiger partial charge in [0, 0.05) is 48.7 Å². The fraction of sp³-hybridized carbons (Fsp3) is 0.458. The minimum Gasteiger partial charge on any atom is -0.488 e. The summed E-state index contributed by atoms with van der Waals surface area (Å²) in [7, 11) is 0. The maximum Gasteiger partial charge on any atom is 0.433 e. The topological polar surface area (TPSA) is 89.8 Å². The summed E-state index contributed by atoms with van der Waals surface area (Å²) < 4.78 is 53.9. The van der Waals surface area contributed by atoms with Crippen LogP contribution in [0, 0.1) is 5.92 Å². The Bertz CT molecular complexity index is 1260. The number of morpholine rings is 1. The van der Waals surface area contributed by atoms with Crippen LogP contribution in [0.1, 0.15) is 31.4 Å². The van der Waals surface area contributed by atoms with Gasteiger partial charge in [0.25, 0.3) is 0 Å². The van der Waals surface area contributed by atoms with Crippen LogP contribution in [0.3, 0.4) is 0 Å². The van der Waals surface area contributed by atoms with Crippen LogP contribution in [0.2, 0.25) is 0 Å². The number of rotatable bonds is 5. The van der Waals surface area contributed by atoms with Gasteiger partial charge in [0.05, 0.1) is 24.9 Å². The average Bonchev–Trinajstić information content (AvgIpc) is 3.59. The van der Waals surface area contributed by atoms with Crippen LogP contribution >= 0.6 is 0 Å². The number of nitrogens with one attached hydrogen (secondary N) is 2. The van der Waals surface area contributed by atoms with Gasteiger partial charge >= 0.3 is 6.18 Å². The summed E-state index contributed by atoms with van der Waals surface area (Å²) in [6.45, 7) is 1.18. The molecule has 8 nitrogen and oxygen atoms in total. The minimum atomic E-state index is -4.59. The lowest BCUT2D eigenvalue weighted by molar-refractivity contribution is -0.141. The van der Waals surface area contributed by atoms with Gasteiger partial charge in [0.1, 0.15) is 17.5 Å². The zero-order valence-electron chi connectivity index (χ0n) is 18.7. The molecule has 6 rings (SSSR count). The third-order valence-corrected chi connectivity index (χ3v) is 6.63. The number of amides is 1. The second-order valence-corrected chi connectivity index (χ2v) is 9.45. The average molecular weight is 487 g/mol. The van der Waals surface area contributed by atoms with Gasteiger partial charge in [0.15, 0.2) is 5.82 Å². The molecule has 1 saturated carbocycles. The molecule has 2 N–H and O–H groups in total. The van der Waals surface area contributed by atoms with Gasteiger partial charge in [-0.3, -0.25) is 4.79 Å². The van der Waals surface area contributed by atoms with E-state index in [-0.39, 0.29) is 30.0 Å². The Morgan fingerprint density at radius 3 is 2.66 bits per heavy atom. The van der Waals surface area contributed by atoms with E-state index < -0.39 is 11.9 Å². The fourth-order valence-corrected chi connectivity index (χ4v) is 4.78. The Balaban J connectivity index is 1.32. The molecule has 2 bridgehead atoms. The molecule has 0 aromatic carbocycles. The van der Waals surface area contributed by atoms with E-state index in [1.165, 1.54) is 0 Å². The van der Waals surface area contributed by atoms with E-state index in [2.05, 4.69) is 20.7 Å². The summed E-state index contributed by atoms with van der Waals surface area (Å²) in [5, 5.41) is 10.6. The normalized spacial score (nSPS) is 24.4. The molecule has 11 heteroatoms. The molecule has 3 aromatic heterocycles. The van der Waals surface area contributed by atoms with Crippen LogP contribution < -0.4 is 15.4 Å². The lowest BCUT2D eigenvalue weighted by Crippen LogP contribution is -2.56. The van der Waals surface area contributed by atoms with Crippen molar-refractivity contribution in [3.63, 3.8) is 0 Å². The minimum absolute atomic E-state index is 0.0359. The summed E-state index contributed by atoms with van der Waals surface area (Å²) in [6, 6.07) is 6.45. The van der Waals surface area contributed by atoms with Crippen LogP contribution in [-0.2, 0) is 15.7 Å². The number of ether oxygens (including phenoxy) is 2. The van der Waals surface area contributed by atoms with Gasteiger partial charge < -0.3 is 20.1 Å². The number of alkyl halides is 3. The van der Waals surface area contributed by atoms with Crippen LogP contribution in [0.25, 0.3) is 16.6 Å². The van der Waals surface area contributed by atoms with Crippen molar-refractivity contribution in [1.29, 1.82) is 0 Å². The largest absolute Gasteiger partial charge is 0.488 e. The number of hydrogen-bond donors (Lipinski definition) is 2. The Hall–Kier alpha value is -3.18. The Labute approximate surface area is 198 Å². The maximum atomic E-state index is 13.5. The Kier molecular flexibility index (Phi) is 5.41. The molecule has 5 heterocycles. The van der Waals surface area contributed by atoms with E-state index in [4.69, 9.17) is 9.47 Å². The summed E-state index contributed by atoms with van der Waals surface area (Å²) in [5.74, 6) is 0.680. The van der Waals surface area contributed by atoms with E-state index in [0.717, 1.165) is 25.1 Å². The van der Waals surface area contributed by atoms with Crippen molar-refractivity contribution in [2.75, 3.05) is 18.5 Å². The first-order valence-electron chi connectivity index (χ1n) is 11.7. The molecule has 184 valence electrons. The first-order chi connectivity index (χ1) is 16.8. The van der Waals surface area contributed by atoms with Gasteiger partial charge in [-0.25, -0.2) is 9.50 Å². The van der Waals surface area contributed by atoms with Crippen LogP contribution in [-0.4, -0.2) is 51.9 Å². The Morgan fingerprint density at radius 1 is 1.17 bits per heavy atom. The Morgan fingerprint density at radius 2 is 1.94 bits per heavy atom. The predicted molar refractivity (Wildman–Crippen MR) is 120 cm³/mol. The highest BCUT2D eigenvalue weighted by atomic mass is 19.4. The number of nitrogens with zero attached hydrogens (tertiary/aromatic N) is 3. The third kappa shape index (κ3) is 4.70. The molecule has 3 aromatic rings. The van der Waals surface area contributed by atoms with E-state index in [1.807, 2.05) is 0 Å². The summed E-state index contributed by atoms with van der Waals surface area (Å²) in [4.78, 5) is 15.7. The molecule has 1 aliphatic carbocycles. The van der Waals surface area contributed by atoms with Crippen molar-refractivity contribution < 1.29 is 27.4 Å². The standard InChI is InChI=1S/C24H24F3N5O3/c25-24(26,27)21-9-19(20(10-28-21)35-18-6-15-11-34-12-16(7-18)29-15)14-3-4-32-17(5-14)8-22(31-32)30-23(33)13-1-2-13/h3-5,8-10,13,15-16,18,29H,1-2,6-7,11-12H2,(H,30,31,33). The van der Waals surface area contributed by atoms with Crippen molar-refractivity contribution in [1.82, 2.24) is 19.9 Å². The maximum absolute atomic E-state index is 13.5. The molecule has 2 atom stereocenters. The SMILES string of the molecule is O=C(Nc1cc2cc(-c3cc(C(F)(F)F)ncc3OC3CC4COCC(C3)N4)ccn2n1)C1CC1. The van der Waals surface area contributed by atoms with E-state index >= 15 is 0 Å². The molecule has 0 spiro atoms. The zero-order valence-corrected chi connectivity index (χ0v) is 18.7. The van der Waals surface area contributed by atoms with E-state index in [1.54, 1.807) is 28.9 Å². The monoisotopic (exact) mass is 487 g/mol. The molecule has 2 saturated heterocycles. The molecular formula is C24H24F3N5O3. The van der Waals surface area contributed by atoms with E-state index in [0.29, 0.717) is 54.3 Å². The van der Waals surface area contributed by atoms with Gasteiger partial charge in [0.2, 0.25) is 5.91 Å². The highest BCUT2D eigenvalue weighted by Gasteiger charge is 2.36. The van der Waals surface area contributed by atoms with Crippen molar-refractivity contribution in [3.05, 3.63) is 42.4 Å². The molecule has 0 radical (unpaired) electrons. The van der Waals surface area contributed by atoms with Crippen LogP contribution in [0.15, 0.2) is 36.7 Å². The number of carbonyl (C=O) groups is 1. The molecule has 35 heavy (non-hydrogen) atoms. The lowest BCUT2D eigenvalue weighted by atomic mass is 9.94. The van der Waals surface area contributed by atoms with Gasteiger partial charge in [-0.05, 0) is 36.6 Å².